The molecule has 0 radical (unpaired) electrons. The highest BCUT2D eigenvalue weighted by atomic mass is 16.5. The number of hydrogen-bond donors (Lipinski definition) is 1. The minimum atomic E-state index is -0.750. The molecule has 0 aromatic heterocycles. The zero-order valence-corrected chi connectivity index (χ0v) is 10.5. The van der Waals surface area contributed by atoms with Crippen LogP contribution in [0.4, 0.5) is 0 Å². The maximum absolute atomic E-state index is 10.7. The van der Waals surface area contributed by atoms with Gasteiger partial charge in [-0.3, -0.25) is 0 Å². The van der Waals surface area contributed by atoms with Gasteiger partial charge >= 0.3 is 0 Å². The lowest BCUT2D eigenvalue weighted by Gasteiger charge is -2.32. The summed E-state index contributed by atoms with van der Waals surface area (Å²) in [6, 6.07) is 0. The van der Waals surface area contributed by atoms with E-state index in [-0.39, 0.29) is 11.5 Å². The molecule has 0 amide bonds. The predicted molar refractivity (Wildman–Crippen MR) is 64.9 cm³/mol. The van der Waals surface area contributed by atoms with Gasteiger partial charge in [-0.2, -0.15) is 0 Å². The molecule has 2 aliphatic rings. The Morgan fingerprint density at radius 3 is 2.69 bits per heavy atom. The van der Waals surface area contributed by atoms with Gasteiger partial charge in [-0.25, -0.2) is 0 Å². The summed E-state index contributed by atoms with van der Waals surface area (Å²) in [7, 11) is 0. The Hall–Kier alpha value is -0.760. The van der Waals surface area contributed by atoms with E-state index in [0.29, 0.717) is 5.92 Å². The average molecular weight is 222 g/mol. The molecular formula is C14H22O2. The van der Waals surface area contributed by atoms with Crippen LogP contribution in [0.1, 0.15) is 40.0 Å². The fraction of sp³-hybridized carbons (Fsp3) is 0.714. The molecule has 1 N–H and O–H groups in total. The summed E-state index contributed by atoms with van der Waals surface area (Å²) in [4.78, 5) is 0. The molecule has 0 spiro atoms. The van der Waals surface area contributed by atoms with Crippen molar-refractivity contribution in [2.45, 2.75) is 51.2 Å². The molecule has 0 saturated heterocycles. The van der Waals surface area contributed by atoms with Crippen molar-refractivity contribution in [3.05, 3.63) is 24.5 Å². The molecule has 4 atom stereocenters. The lowest BCUT2D eigenvalue weighted by molar-refractivity contribution is -0.0420. The second kappa shape index (κ2) is 3.63. The van der Waals surface area contributed by atoms with Gasteiger partial charge in [0, 0.05) is 6.42 Å². The van der Waals surface area contributed by atoms with E-state index in [2.05, 4.69) is 20.4 Å². The number of aliphatic hydroxyl groups is 1. The highest BCUT2D eigenvalue weighted by Gasteiger charge is 2.49. The van der Waals surface area contributed by atoms with Crippen LogP contribution in [-0.4, -0.2) is 16.3 Å². The lowest BCUT2D eigenvalue weighted by atomic mass is 9.86. The third kappa shape index (κ3) is 1.60. The molecule has 2 rings (SSSR count). The van der Waals surface area contributed by atoms with Crippen LogP contribution in [0.5, 0.6) is 0 Å². The zero-order valence-electron chi connectivity index (χ0n) is 10.5. The molecule has 1 fully saturated rings. The Kier molecular flexibility index (Phi) is 2.66. The van der Waals surface area contributed by atoms with Crippen molar-refractivity contribution < 1.29 is 9.84 Å². The van der Waals surface area contributed by atoms with E-state index in [9.17, 15) is 5.11 Å². The number of rotatable bonds is 2. The summed E-state index contributed by atoms with van der Waals surface area (Å²) in [6.07, 6.45) is 6.56. The van der Waals surface area contributed by atoms with Crippen molar-refractivity contribution in [2.24, 2.45) is 11.8 Å². The maximum Gasteiger partial charge on any atom is 0.127 e. The van der Waals surface area contributed by atoms with E-state index in [4.69, 9.17) is 4.74 Å². The Labute approximate surface area is 98.0 Å². The molecule has 1 aliphatic heterocycles. The van der Waals surface area contributed by atoms with Crippen molar-refractivity contribution >= 4 is 0 Å². The van der Waals surface area contributed by atoms with Crippen LogP contribution in [0.2, 0.25) is 0 Å². The van der Waals surface area contributed by atoms with Gasteiger partial charge in [0.25, 0.3) is 0 Å². The normalized spacial score (nSPS) is 47.6. The van der Waals surface area contributed by atoms with Gasteiger partial charge in [0.2, 0.25) is 0 Å². The van der Waals surface area contributed by atoms with E-state index < -0.39 is 5.60 Å². The van der Waals surface area contributed by atoms with E-state index in [0.717, 1.165) is 25.0 Å². The van der Waals surface area contributed by atoms with E-state index in [1.807, 2.05) is 19.1 Å². The quantitative estimate of drug-likeness (QED) is 0.728. The number of ether oxygens (including phenoxy) is 1. The Bertz CT molecular complexity index is 334. The first-order valence-electron chi connectivity index (χ1n) is 6.17. The highest BCUT2D eigenvalue weighted by Crippen LogP contribution is 2.48. The van der Waals surface area contributed by atoms with Crippen LogP contribution in [0.15, 0.2) is 24.5 Å². The lowest BCUT2D eigenvalue weighted by Crippen LogP contribution is -2.37. The molecule has 90 valence electrons. The molecule has 2 heteroatoms. The monoisotopic (exact) mass is 222 g/mol. The van der Waals surface area contributed by atoms with Gasteiger partial charge < -0.3 is 9.84 Å². The molecular weight excluding hydrogens is 200 g/mol. The molecule has 0 aromatic rings. The van der Waals surface area contributed by atoms with Gasteiger partial charge in [-0.05, 0) is 43.8 Å². The summed E-state index contributed by atoms with van der Waals surface area (Å²) < 4.78 is 5.90. The molecule has 1 saturated carbocycles. The van der Waals surface area contributed by atoms with Crippen molar-refractivity contribution in [1.29, 1.82) is 0 Å². The van der Waals surface area contributed by atoms with Gasteiger partial charge in [-0.15, -0.1) is 0 Å². The predicted octanol–water partition coefficient (Wildman–Crippen LogP) is 3.03. The van der Waals surface area contributed by atoms with Crippen molar-refractivity contribution in [2.75, 3.05) is 0 Å². The minimum Gasteiger partial charge on any atom is -0.485 e. The molecule has 0 aromatic carbocycles. The van der Waals surface area contributed by atoms with Gasteiger partial charge in [0.05, 0.1) is 0 Å². The van der Waals surface area contributed by atoms with E-state index in [1.54, 1.807) is 0 Å². The first kappa shape index (κ1) is 11.7. The Morgan fingerprint density at radius 1 is 1.56 bits per heavy atom. The van der Waals surface area contributed by atoms with Crippen LogP contribution in [0.25, 0.3) is 0 Å². The molecule has 16 heavy (non-hydrogen) atoms. The SMILES string of the molecule is C=C[C@@]1(C)CC=C(C2(O)CC[C@H](C)[C@H]2C)O1. The molecule has 2 nitrogen and oxygen atoms in total. The summed E-state index contributed by atoms with van der Waals surface area (Å²) >= 11 is 0. The van der Waals surface area contributed by atoms with Crippen molar-refractivity contribution in [3.8, 4) is 0 Å². The second-order valence-corrected chi connectivity index (χ2v) is 5.62. The van der Waals surface area contributed by atoms with Gasteiger partial charge in [0.1, 0.15) is 17.0 Å². The first-order chi connectivity index (χ1) is 7.41. The average Bonchev–Trinajstić information content (AvgIpc) is 2.78. The van der Waals surface area contributed by atoms with Crippen LogP contribution >= 0.6 is 0 Å². The van der Waals surface area contributed by atoms with Gasteiger partial charge in [0.15, 0.2) is 0 Å². The first-order valence-corrected chi connectivity index (χ1v) is 6.17. The Morgan fingerprint density at radius 2 is 2.25 bits per heavy atom. The highest BCUT2D eigenvalue weighted by molar-refractivity contribution is 5.23. The summed E-state index contributed by atoms with van der Waals surface area (Å²) in [6.45, 7) is 10.1. The van der Waals surface area contributed by atoms with Crippen LogP contribution < -0.4 is 0 Å². The standard InChI is InChI=1S/C14H22O2/c1-5-13(4)8-7-12(16-13)14(15)9-6-10(2)11(14)3/h5,7,10-11,15H,1,6,8-9H2,2-4H3/t10-,11+,13-,14?/m0/s1. The van der Waals surface area contributed by atoms with E-state index in [1.165, 1.54) is 0 Å². The number of hydrogen-bond acceptors (Lipinski definition) is 2. The van der Waals surface area contributed by atoms with Crippen LogP contribution in [0, 0.1) is 11.8 Å². The van der Waals surface area contributed by atoms with Gasteiger partial charge in [-0.1, -0.05) is 20.4 Å². The minimum absolute atomic E-state index is 0.269. The second-order valence-electron chi connectivity index (χ2n) is 5.62. The van der Waals surface area contributed by atoms with Crippen molar-refractivity contribution in [3.63, 3.8) is 0 Å². The van der Waals surface area contributed by atoms with E-state index >= 15 is 0 Å². The molecule has 1 unspecified atom stereocenters. The fourth-order valence-electron chi connectivity index (χ4n) is 2.76. The molecule has 1 heterocycles. The Balaban J connectivity index is 2.18. The summed E-state index contributed by atoms with van der Waals surface area (Å²) in [5.41, 5.74) is -1.07. The maximum atomic E-state index is 10.7. The largest absolute Gasteiger partial charge is 0.485 e. The third-order valence-electron chi connectivity index (χ3n) is 4.48. The van der Waals surface area contributed by atoms with Crippen LogP contribution in [-0.2, 0) is 4.74 Å². The topological polar surface area (TPSA) is 29.5 Å². The zero-order chi connectivity index (χ0) is 12.0. The summed E-state index contributed by atoms with van der Waals surface area (Å²) in [5, 5.41) is 10.7. The fourth-order valence-corrected chi connectivity index (χ4v) is 2.76. The smallest absolute Gasteiger partial charge is 0.127 e. The molecule has 0 bridgehead atoms. The third-order valence-corrected chi connectivity index (χ3v) is 4.48. The van der Waals surface area contributed by atoms with Crippen molar-refractivity contribution in [1.82, 2.24) is 0 Å². The molecule has 1 aliphatic carbocycles. The summed E-state index contributed by atoms with van der Waals surface area (Å²) in [5.74, 6) is 1.60. The van der Waals surface area contributed by atoms with Crippen LogP contribution in [0.3, 0.4) is 0 Å².